The highest BCUT2D eigenvalue weighted by Crippen LogP contribution is 2.23. The van der Waals surface area contributed by atoms with Gasteiger partial charge in [-0.1, -0.05) is 11.6 Å². The molecule has 2 rings (SSSR count). The molecule has 7 heteroatoms. The maximum atomic E-state index is 12.4. The van der Waals surface area contributed by atoms with Gasteiger partial charge >= 0.3 is 5.97 Å². The minimum atomic E-state index is -0.728. The van der Waals surface area contributed by atoms with E-state index in [9.17, 15) is 9.59 Å². The highest BCUT2D eigenvalue weighted by Gasteiger charge is 2.22. The van der Waals surface area contributed by atoms with Gasteiger partial charge in [-0.15, -0.1) is 0 Å². The molecule has 0 aliphatic rings. The van der Waals surface area contributed by atoms with E-state index in [1.807, 2.05) is 0 Å². The van der Waals surface area contributed by atoms with E-state index >= 15 is 0 Å². The molecule has 0 aliphatic heterocycles. The third kappa shape index (κ3) is 2.22. The third-order valence-electron chi connectivity index (χ3n) is 2.91. The van der Waals surface area contributed by atoms with Crippen molar-refractivity contribution in [3.8, 4) is 0 Å². The number of hydrogen-bond acceptors (Lipinski definition) is 5. The Bertz CT molecular complexity index is 740. The number of rotatable bonds is 3. The van der Waals surface area contributed by atoms with Crippen molar-refractivity contribution in [3.05, 3.63) is 33.2 Å². The van der Waals surface area contributed by atoms with Gasteiger partial charge in [-0.3, -0.25) is 9.36 Å². The lowest BCUT2D eigenvalue weighted by molar-refractivity contribution is 0.0525. The van der Waals surface area contributed by atoms with E-state index in [1.165, 1.54) is 4.57 Å². The lowest BCUT2D eigenvalue weighted by atomic mass is 10.1. The van der Waals surface area contributed by atoms with E-state index < -0.39 is 11.5 Å². The van der Waals surface area contributed by atoms with E-state index in [2.05, 4.69) is 4.98 Å². The van der Waals surface area contributed by atoms with Gasteiger partial charge in [0.1, 0.15) is 16.4 Å². The highest BCUT2D eigenvalue weighted by molar-refractivity contribution is 6.29. The van der Waals surface area contributed by atoms with Gasteiger partial charge in [-0.25, -0.2) is 9.78 Å². The van der Waals surface area contributed by atoms with Crippen LogP contribution >= 0.6 is 11.6 Å². The number of fused-ring (bicyclic) bond motifs is 1. The summed E-state index contributed by atoms with van der Waals surface area (Å²) < 4.78 is 6.23. The number of nitrogen functional groups attached to an aromatic ring is 1. The van der Waals surface area contributed by atoms with Crippen molar-refractivity contribution in [2.24, 2.45) is 0 Å². The van der Waals surface area contributed by atoms with Crippen LogP contribution in [0.5, 0.6) is 0 Å². The first-order valence-electron chi connectivity index (χ1n) is 6.16. The van der Waals surface area contributed by atoms with Crippen LogP contribution in [-0.4, -0.2) is 22.1 Å². The molecule has 0 aliphatic carbocycles. The number of aromatic nitrogens is 2. The fourth-order valence-electron chi connectivity index (χ4n) is 2.02. The van der Waals surface area contributed by atoms with Crippen molar-refractivity contribution in [1.82, 2.24) is 9.55 Å². The van der Waals surface area contributed by atoms with Gasteiger partial charge in [0.15, 0.2) is 0 Å². The normalized spacial score (nSPS) is 10.8. The minimum absolute atomic E-state index is 0.0670. The number of halogens is 1. The monoisotopic (exact) mass is 295 g/mol. The molecule has 0 amide bonds. The maximum absolute atomic E-state index is 12.4. The largest absolute Gasteiger partial charge is 0.462 e. The number of esters is 1. The number of anilines is 1. The summed E-state index contributed by atoms with van der Waals surface area (Å²) in [7, 11) is 0. The predicted molar refractivity (Wildman–Crippen MR) is 77.1 cm³/mol. The van der Waals surface area contributed by atoms with E-state index in [-0.39, 0.29) is 23.0 Å². The molecule has 0 aromatic carbocycles. The zero-order valence-electron chi connectivity index (χ0n) is 11.1. The Morgan fingerprint density at radius 2 is 2.15 bits per heavy atom. The van der Waals surface area contributed by atoms with Crippen molar-refractivity contribution < 1.29 is 9.53 Å². The van der Waals surface area contributed by atoms with Gasteiger partial charge in [-0.05, 0) is 26.0 Å². The lowest BCUT2D eigenvalue weighted by Crippen LogP contribution is -2.29. The molecule has 2 N–H and O–H groups in total. The summed E-state index contributed by atoms with van der Waals surface area (Å²) in [5.74, 6) is -0.728. The summed E-state index contributed by atoms with van der Waals surface area (Å²) in [6, 6.07) is 3.19. The fourth-order valence-corrected chi connectivity index (χ4v) is 2.16. The van der Waals surface area contributed by atoms with Crippen LogP contribution in [0.4, 0.5) is 5.69 Å². The molecule has 20 heavy (non-hydrogen) atoms. The Morgan fingerprint density at radius 1 is 1.45 bits per heavy atom. The molecule has 0 saturated heterocycles. The SMILES string of the molecule is CCOC(=O)c1c(N)c2ccc(Cl)nc2n(CC)c1=O. The van der Waals surface area contributed by atoms with Crippen molar-refractivity contribution in [3.63, 3.8) is 0 Å². The molecule has 2 aromatic heterocycles. The van der Waals surface area contributed by atoms with Crippen LogP contribution in [0.15, 0.2) is 16.9 Å². The zero-order valence-corrected chi connectivity index (χ0v) is 11.9. The van der Waals surface area contributed by atoms with Gasteiger partial charge in [-0.2, -0.15) is 0 Å². The topological polar surface area (TPSA) is 87.2 Å². The quantitative estimate of drug-likeness (QED) is 0.689. The van der Waals surface area contributed by atoms with Crippen LogP contribution in [0, 0.1) is 0 Å². The van der Waals surface area contributed by atoms with Crippen molar-refractivity contribution in [2.45, 2.75) is 20.4 Å². The van der Waals surface area contributed by atoms with Crippen LogP contribution in [-0.2, 0) is 11.3 Å². The third-order valence-corrected chi connectivity index (χ3v) is 3.12. The van der Waals surface area contributed by atoms with Crippen LogP contribution in [0.3, 0.4) is 0 Å². The first-order chi connectivity index (χ1) is 9.51. The number of carbonyl (C=O) groups excluding carboxylic acids is 1. The Labute approximate surface area is 120 Å². The molecular formula is C13H14ClN3O3. The fraction of sp³-hybridized carbons (Fsp3) is 0.308. The Kier molecular flexibility index (Phi) is 3.94. The summed E-state index contributed by atoms with van der Waals surface area (Å²) in [5.41, 5.74) is 5.67. The average Bonchev–Trinajstić information content (AvgIpc) is 2.39. The van der Waals surface area contributed by atoms with Crippen LogP contribution < -0.4 is 11.3 Å². The molecular weight excluding hydrogens is 282 g/mol. The van der Waals surface area contributed by atoms with E-state index in [1.54, 1.807) is 26.0 Å². The van der Waals surface area contributed by atoms with Crippen molar-refractivity contribution in [1.29, 1.82) is 0 Å². The minimum Gasteiger partial charge on any atom is -0.462 e. The molecule has 0 spiro atoms. The molecule has 0 radical (unpaired) electrons. The number of carbonyl (C=O) groups is 1. The molecule has 0 unspecified atom stereocenters. The lowest BCUT2D eigenvalue weighted by Gasteiger charge is -2.13. The van der Waals surface area contributed by atoms with Gasteiger partial charge < -0.3 is 10.5 Å². The van der Waals surface area contributed by atoms with Crippen LogP contribution in [0.1, 0.15) is 24.2 Å². The van der Waals surface area contributed by atoms with E-state index in [0.29, 0.717) is 17.6 Å². The van der Waals surface area contributed by atoms with Crippen molar-refractivity contribution >= 4 is 34.3 Å². The summed E-state index contributed by atoms with van der Waals surface area (Å²) in [6.07, 6.45) is 0. The number of ether oxygens (including phenoxy) is 1. The number of aryl methyl sites for hydroxylation is 1. The number of pyridine rings is 2. The van der Waals surface area contributed by atoms with E-state index in [4.69, 9.17) is 22.1 Å². The molecule has 106 valence electrons. The molecule has 2 heterocycles. The zero-order chi connectivity index (χ0) is 14.9. The summed E-state index contributed by atoms with van der Waals surface area (Å²) in [4.78, 5) is 28.4. The highest BCUT2D eigenvalue weighted by atomic mass is 35.5. The van der Waals surface area contributed by atoms with Crippen molar-refractivity contribution in [2.75, 3.05) is 12.3 Å². The second-order valence-electron chi connectivity index (χ2n) is 4.06. The van der Waals surface area contributed by atoms with E-state index in [0.717, 1.165) is 0 Å². The van der Waals surface area contributed by atoms with Crippen LogP contribution in [0.2, 0.25) is 5.15 Å². The second kappa shape index (κ2) is 5.50. The summed E-state index contributed by atoms with van der Waals surface area (Å²) in [6.45, 7) is 3.94. The van der Waals surface area contributed by atoms with Gasteiger partial charge in [0.2, 0.25) is 0 Å². The first kappa shape index (κ1) is 14.3. The average molecular weight is 296 g/mol. The van der Waals surface area contributed by atoms with Gasteiger partial charge in [0.05, 0.1) is 12.3 Å². The standard InChI is InChI=1S/C13H14ClN3O3/c1-3-17-11-7(5-6-8(14)16-11)10(15)9(12(17)18)13(19)20-4-2/h5-6H,3-4,15H2,1-2H3. The van der Waals surface area contributed by atoms with Gasteiger partial charge in [0, 0.05) is 11.9 Å². The maximum Gasteiger partial charge on any atom is 0.345 e. The number of hydrogen-bond donors (Lipinski definition) is 1. The number of nitrogens with two attached hydrogens (primary N) is 1. The Hall–Kier alpha value is -2.08. The second-order valence-corrected chi connectivity index (χ2v) is 4.45. The smallest absolute Gasteiger partial charge is 0.345 e. The van der Waals surface area contributed by atoms with Crippen LogP contribution in [0.25, 0.3) is 11.0 Å². The molecule has 6 nitrogen and oxygen atoms in total. The Balaban J connectivity index is 2.88. The predicted octanol–water partition coefficient (Wildman–Crippen LogP) is 1.83. The van der Waals surface area contributed by atoms with Gasteiger partial charge in [0.25, 0.3) is 5.56 Å². The first-order valence-corrected chi connectivity index (χ1v) is 6.54. The summed E-state index contributed by atoms with van der Waals surface area (Å²) in [5, 5.41) is 0.751. The molecule has 2 aromatic rings. The molecule has 0 saturated carbocycles. The molecule has 0 atom stereocenters. The molecule has 0 bridgehead atoms. The number of nitrogens with zero attached hydrogens (tertiary/aromatic N) is 2. The Morgan fingerprint density at radius 3 is 2.75 bits per heavy atom. The summed E-state index contributed by atoms with van der Waals surface area (Å²) >= 11 is 5.85. The molecule has 0 fully saturated rings.